The van der Waals surface area contributed by atoms with E-state index in [-0.39, 0.29) is 5.91 Å². The van der Waals surface area contributed by atoms with Crippen LogP contribution >= 0.6 is 0 Å². The number of rotatable bonds is 3. The summed E-state index contributed by atoms with van der Waals surface area (Å²) < 4.78 is 25.3. The van der Waals surface area contributed by atoms with Gasteiger partial charge in [-0.2, -0.15) is 0 Å². The molecule has 1 amide bonds. The molecule has 1 N–H and O–H groups in total. The first-order valence-corrected chi connectivity index (χ1v) is 6.45. The normalized spacial score (nSPS) is 24.5. The van der Waals surface area contributed by atoms with Crippen molar-refractivity contribution in [3.63, 3.8) is 0 Å². The number of hydrogen-bond donors (Lipinski definition) is 1. The van der Waals surface area contributed by atoms with Crippen molar-refractivity contribution in [3.05, 3.63) is 35.4 Å². The largest absolute Gasteiger partial charge is 0.316 e. The van der Waals surface area contributed by atoms with Crippen molar-refractivity contribution in [1.82, 2.24) is 10.2 Å². The molecule has 1 aliphatic heterocycles. The fourth-order valence-electron chi connectivity index (χ4n) is 2.63. The lowest BCUT2D eigenvalue weighted by Crippen LogP contribution is -2.35. The van der Waals surface area contributed by atoms with Crippen LogP contribution in [0.15, 0.2) is 24.3 Å². The highest BCUT2D eigenvalue weighted by Gasteiger charge is 2.59. The van der Waals surface area contributed by atoms with Crippen LogP contribution in [-0.2, 0) is 4.79 Å². The molecule has 102 valence electrons. The van der Waals surface area contributed by atoms with Crippen molar-refractivity contribution in [2.45, 2.75) is 37.9 Å². The second-order valence-electron chi connectivity index (χ2n) is 5.39. The molecule has 3 nitrogen and oxygen atoms in total. The third kappa shape index (κ3) is 2.12. The summed E-state index contributed by atoms with van der Waals surface area (Å²) in [6, 6.07) is 7.64. The zero-order valence-corrected chi connectivity index (χ0v) is 10.7. The monoisotopic (exact) mass is 266 g/mol. The van der Waals surface area contributed by atoms with Crippen molar-refractivity contribution in [3.8, 4) is 0 Å². The van der Waals surface area contributed by atoms with Gasteiger partial charge < -0.3 is 4.90 Å². The van der Waals surface area contributed by atoms with E-state index in [1.54, 1.807) is 0 Å². The number of carbonyl (C=O) groups excluding carboxylic acids is 1. The van der Waals surface area contributed by atoms with E-state index in [1.807, 2.05) is 31.2 Å². The molecule has 1 aromatic rings. The van der Waals surface area contributed by atoms with Crippen LogP contribution in [-0.4, -0.2) is 29.3 Å². The molecule has 1 saturated heterocycles. The van der Waals surface area contributed by atoms with Gasteiger partial charge in [-0.15, -0.1) is 0 Å². The molecule has 0 aromatic heterocycles. The number of amides is 1. The minimum absolute atomic E-state index is 0.182. The zero-order chi connectivity index (χ0) is 13.6. The first-order chi connectivity index (χ1) is 9.02. The summed E-state index contributed by atoms with van der Waals surface area (Å²) in [5, 5.41) is 3.23. The number of benzene rings is 1. The van der Waals surface area contributed by atoms with E-state index < -0.39 is 24.7 Å². The Hall–Kier alpha value is -1.49. The van der Waals surface area contributed by atoms with Crippen LogP contribution in [0.2, 0.25) is 0 Å². The Balaban J connectivity index is 1.89. The van der Waals surface area contributed by atoms with Crippen LogP contribution in [0.5, 0.6) is 0 Å². The van der Waals surface area contributed by atoms with Crippen LogP contribution < -0.4 is 5.32 Å². The van der Waals surface area contributed by atoms with Crippen LogP contribution in [0, 0.1) is 6.92 Å². The highest BCUT2D eigenvalue weighted by molar-refractivity contribution is 5.92. The van der Waals surface area contributed by atoms with E-state index in [0.717, 1.165) is 24.0 Å². The van der Waals surface area contributed by atoms with Crippen molar-refractivity contribution < 1.29 is 13.6 Å². The average Bonchev–Trinajstić information content (AvgIpc) is 3.09. The molecule has 19 heavy (non-hydrogen) atoms. The van der Waals surface area contributed by atoms with Crippen LogP contribution in [0.1, 0.15) is 30.1 Å². The molecule has 1 unspecified atom stereocenters. The number of aryl methyl sites for hydroxylation is 1. The Morgan fingerprint density at radius 3 is 2.53 bits per heavy atom. The van der Waals surface area contributed by atoms with E-state index >= 15 is 0 Å². The van der Waals surface area contributed by atoms with E-state index in [0.29, 0.717) is 0 Å². The molecular formula is C14H16F2N2O. The molecule has 1 atom stereocenters. The third-order valence-electron chi connectivity index (χ3n) is 3.87. The van der Waals surface area contributed by atoms with E-state index in [2.05, 4.69) is 5.32 Å². The number of halogens is 2. The smallest absolute Gasteiger partial charge is 0.255 e. The summed E-state index contributed by atoms with van der Waals surface area (Å²) in [7, 11) is 0. The van der Waals surface area contributed by atoms with Crippen LogP contribution in [0.4, 0.5) is 8.78 Å². The number of nitrogens with one attached hydrogen (secondary N) is 1. The summed E-state index contributed by atoms with van der Waals surface area (Å²) in [4.78, 5) is 13.5. The first kappa shape index (κ1) is 12.5. The lowest BCUT2D eigenvalue weighted by Gasteiger charge is -2.24. The van der Waals surface area contributed by atoms with Crippen LogP contribution in [0.3, 0.4) is 0 Å². The van der Waals surface area contributed by atoms with Crippen molar-refractivity contribution in [1.29, 1.82) is 0 Å². The van der Waals surface area contributed by atoms with Gasteiger partial charge in [0, 0.05) is 0 Å². The number of nitrogens with zero attached hydrogens (tertiary/aromatic N) is 1. The molecular weight excluding hydrogens is 250 g/mol. The molecule has 0 bridgehead atoms. The maximum atomic E-state index is 12.7. The highest BCUT2D eigenvalue weighted by Crippen LogP contribution is 2.46. The number of hydrogen-bond acceptors (Lipinski definition) is 2. The van der Waals surface area contributed by atoms with Gasteiger partial charge >= 0.3 is 0 Å². The Morgan fingerprint density at radius 2 is 2.00 bits per heavy atom. The quantitative estimate of drug-likeness (QED) is 0.910. The van der Waals surface area contributed by atoms with Gasteiger partial charge in [-0.05, 0) is 25.3 Å². The van der Waals surface area contributed by atoms with Gasteiger partial charge in [-0.3, -0.25) is 10.1 Å². The van der Waals surface area contributed by atoms with Crippen LogP contribution in [0.25, 0.3) is 0 Å². The van der Waals surface area contributed by atoms with E-state index in [1.165, 1.54) is 4.90 Å². The van der Waals surface area contributed by atoms with Crippen molar-refractivity contribution in [2.75, 3.05) is 6.54 Å². The maximum absolute atomic E-state index is 12.7. The predicted molar refractivity (Wildman–Crippen MR) is 66.7 cm³/mol. The maximum Gasteiger partial charge on any atom is 0.255 e. The molecule has 1 spiro atoms. The minimum Gasteiger partial charge on any atom is -0.316 e. The fourth-order valence-corrected chi connectivity index (χ4v) is 2.63. The molecule has 1 heterocycles. The van der Waals surface area contributed by atoms with Gasteiger partial charge in [0.2, 0.25) is 5.91 Å². The zero-order valence-electron chi connectivity index (χ0n) is 10.7. The molecule has 1 saturated carbocycles. The van der Waals surface area contributed by atoms with Gasteiger partial charge in [0.1, 0.15) is 11.7 Å². The molecule has 2 fully saturated rings. The Labute approximate surface area is 110 Å². The summed E-state index contributed by atoms with van der Waals surface area (Å²) in [6.07, 6.45) is -1.45. The molecule has 0 radical (unpaired) electrons. The Kier molecular flexibility index (Phi) is 2.82. The minimum atomic E-state index is -2.51. The lowest BCUT2D eigenvalue weighted by atomic mass is 10.1. The van der Waals surface area contributed by atoms with Crippen molar-refractivity contribution in [2.24, 2.45) is 0 Å². The topological polar surface area (TPSA) is 32.3 Å². The van der Waals surface area contributed by atoms with Crippen molar-refractivity contribution >= 4 is 5.91 Å². The van der Waals surface area contributed by atoms with Gasteiger partial charge in [-0.25, -0.2) is 8.78 Å². The molecule has 1 aromatic carbocycles. The molecule has 5 heteroatoms. The second kappa shape index (κ2) is 4.27. The molecule has 1 aliphatic carbocycles. The Bertz CT molecular complexity index is 497. The first-order valence-electron chi connectivity index (χ1n) is 6.45. The lowest BCUT2D eigenvalue weighted by molar-refractivity contribution is -0.132. The highest BCUT2D eigenvalue weighted by atomic mass is 19.3. The molecule has 2 aliphatic rings. The summed E-state index contributed by atoms with van der Waals surface area (Å²) in [5.74, 6) is -0.182. The van der Waals surface area contributed by atoms with E-state index in [4.69, 9.17) is 0 Å². The van der Waals surface area contributed by atoms with Gasteiger partial charge in [-0.1, -0.05) is 29.8 Å². The van der Waals surface area contributed by atoms with Gasteiger partial charge in [0.05, 0.1) is 6.54 Å². The summed E-state index contributed by atoms with van der Waals surface area (Å²) >= 11 is 0. The predicted octanol–water partition coefficient (Wildman–Crippen LogP) is 2.22. The fraction of sp³-hybridized carbons (Fsp3) is 0.500. The van der Waals surface area contributed by atoms with Gasteiger partial charge in [0.25, 0.3) is 6.43 Å². The second-order valence-corrected chi connectivity index (χ2v) is 5.39. The molecule has 3 rings (SSSR count). The van der Waals surface area contributed by atoms with E-state index in [9.17, 15) is 13.6 Å². The summed E-state index contributed by atoms with van der Waals surface area (Å²) in [6.45, 7) is 1.46. The Morgan fingerprint density at radius 1 is 1.37 bits per heavy atom. The SMILES string of the molecule is Cc1ccc(C2NC3(CC3)C(=O)N2CC(F)F)cc1. The average molecular weight is 266 g/mol. The number of alkyl halides is 2. The third-order valence-corrected chi connectivity index (χ3v) is 3.87. The standard InChI is InChI=1S/C14H16F2N2O/c1-9-2-4-10(5-3-9)12-17-14(6-7-14)13(19)18(12)8-11(15)16/h2-5,11-12,17H,6-8H2,1H3. The number of carbonyl (C=O) groups is 1. The summed E-state index contributed by atoms with van der Waals surface area (Å²) in [5.41, 5.74) is 1.41. The van der Waals surface area contributed by atoms with Gasteiger partial charge in [0.15, 0.2) is 0 Å².